The average Bonchev–Trinajstić information content (AvgIpc) is 2.32. The van der Waals surface area contributed by atoms with Crippen LogP contribution in [-0.2, 0) is 4.79 Å². The van der Waals surface area contributed by atoms with E-state index in [1.54, 1.807) is 12.1 Å². The number of benzene rings is 1. The van der Waals surface area contributed by atoms with E-state index in [-0.39, 0.29) is 6.42 Å². The molecule has 0 saturated carbocycles. The highest BCUT2D eigenvalue weighted by Gasteiger charge is 2.19. The van der Waals surface area contributed by atoms with E-state index in [0.29, 0.717) is 10.6 Å². The van der Waals surface area contributed by atoms with Crippen molar-refractivity contribution >= 4 is 23.4 Å². The molecule has 100 valence electrons. The predicted octanol–water partition coefficient (Wildman–Crippen LogP) is 1.56. The largest absolute Gasteiger partial charge is 0.368 e. The molecule has 1 aromatic carbocycles. The van der Waals surface area contributed by atoms with Gasteiger partial charge in [-0.2, -0.15) is 0 Å². The third-order valence-corrected chi connectivity index (χ3v) is 3.11. The van der Waals surface area contributed by atoms with Gasteiger partial charge in [-0.3, -0.25) is 9.59 Å². The Labute approximate surface area is 117 Å². The van der Waals surface area contributed by atoms with Crippen molar-refractivity contribution in [1.82, 2.24) is 5.32 Å². The molecule has 0 aliphatic carbocycles. The number of carbonyl (C=O) groups is 2. The Morgan fingerprint density at radius 3 is 2.53 bits per heavy atom. The summed E-state index contributed by atoms with van der Waals surface area (Å²) in [5, 5.41) is 2.80. The quantitative estimate of drug-likeness (QED) is 0.821. The maximum Gasteiger partial charge on any atom is 0.253 e. The van der Waals surface area contributed by atoms with Crippen molar-refractivity contribution in [1.29, 1.82) is 0 Å². The lowest BCUT2D eigenvalue weighted by molar-refractivity contribution is -0.119. The molecule has 0 spiro atoms. The van der Waals surface area contributed by atoms with Crippen LogP contribution in [-0.4, -0.2) is 17.9 Å². The van der Waals surface area contributed by atoms with Crippen LogP contribution >= 0.6 is 11.6 Å². The van der Waals surface area contributed by atoms with E-state index in [1.807, 2.05) is 13.8 Å². The Morgan fingerprint density at radius 1 is 1.42 bits per heavy atom. The number of carbonyl (C=O) groups excluding carboxylic acids is 2. The summed E-state index contributed by atoms with van der Waals surface area (Å²) in [6.07, 6.45) is 5.17. The van der Waals surface area contributed by atoms with Gasteiger partial charge in [-0.25, -0.2) is 0 Å². The van der Waals surface area contributed by atoms with Gasteiger partial charge in [0.15, 0.2) is 0 Å². The molecular formula is C14H15ClN2O2. The van der Waals surface area contributed by atoms with E-state index in [2.05, 4.69) is 11.2 Å². The average molecular weight is 279 g/mol. The maximum absolute atomic E-state index is 12.0. The number of nitrogens with two attached hydrogens (primary N) is 1. The summed E-state index contributed by atoms with van der Waals surface area (Å²) in [7, 11) is 0. The molecule has 1 rings (SSSR count). The summed E-state index contributed by atoms with van der Waals surface area (Å²) in [5.41, 5.74) is 7.37. The molecule has 0 radical (unpaired) electrons. The second-order valence-corrected chi connectivity index (χ2v) is 4.66. The van der Waals surface area contributed by atoms with Gasteiger partial charge in [0.05, 0.1) is 10.6 Å². The minimum Gasteiger partial charge on any atom is -0.368 e. The van der Waals surface area contributed by atoms with Crippen molar-refractivity contribution in [3.63, 3.8) is 0 Å². The Balaban J connectivity index is 2.98. The molecule has 1 atom stereocenters. The molecule has 3 N–H and O–H groups in total. The number of halogens is 1. The second kappa shape index (κ2) is 6.26. The van der Waals surface area contributed by atoms with Crippen LogP contribution in [0.1, 0.15) is 27.9 Å². The predicted molar refractivity (Wildman–Crippen MR) is 74.8 cm³/mol. The zero-order chi connectivity index (χ0) is 14.6. The molecule has 0 aromatic heterocycles. The first-order valence-corrected chi connectivity index (χ1v) is 6.05. The van der Waals surface area contributed by atoms with E-state index in [4.69, 9.17) is 23.8 Å². The van der Waals surface area contributed by atoms with Gasteiger partial charge in [0.2, 0.25) is 5.91 Å². The number of hydrogen-bond acceptors (Lipinski definition) is 2. The van der Waals surface area contributed by atoms with Crippen LogP contribution in [0.5, 0.6) is 0 Å². The molecule has 0 heterocycles. The standard InChI is InChI=1S/C14H15ClN2O2/c1-4-5-12(13(16)18)17-14(19)10-6-8(2)9(3)7-11(10)15/h1,6-7,12H,5H2,2-3H3,(H2,16,18)(H,17,19)/t12-/m1/s1. The number of aryl methyl sites for hydroxylation is 2. The van der Waals surface area contributed by atoms with Crippen molar-refractivity contribution in [2.45, 2.75) is 26.3 Å². The third kappa shape index (κ3) is 3.73. The highest BCUT2D eigenvalue weighted by atomic mass is 35.5. The molecule has 0 unspecified atom stereocenters. The van der Waals surface area contributed by atoms with E-state index in [1.165, 1.54) is 0 Å². The lowest BCUT2D eigenvalue weighted by Gasteiger charge is -2.14. The van der Waals surface area contributed by atoms with E-state index < -0.39 is 17.9 Å². The van der Waals surface area contributed by atoms with Crippen molar-refractivity contribution in [3.05, 3.63) is 33.8 Å². The fourth-order valence-corrected chi connectivity index (χ4v) is 1.84. The maximum atomic E-state index is 12.0. The van der Waals surface area contributed by atoms with Gasteiger partial charge in [-0.15, -0.1) is 12.3 Å². The van der Waals surface area contributed by atoms with Gasteiger partial charge >= 0.3 is 0 Å². The Morgan fingerprint density at radius 2 is 2.00 bits per heavy atom. The molecule has 0 fully saturated rings. The van der Waals surface area contributed by atoms with Gasteiger partial charge < -0.3 is 11.1 Å². The molecular weight excluding hydrogens is 264 g/mol. The summed E-state index contributed by atoms with van der Waals surface area (Å²) in [6.45, 7) is 3.77. The van der Waals surface area contributed by atoms with Crippen LogP contribution < -0.4 is 11.1 Å². The van der Waals surface area contributed by atoms with E-state index >= 15 is 0 Å². The molecule has 4 nitrogen and oxygen atoms in total. The molecule has 0 bridgehead atoms. The Kier molecular flexibility index (Phi) is 4.96. The number of terminal acetylenes is 1. The number of nitrogens with one attached hydrogen (secondary N) is 1. The first-order chi connectivity index (χ1) is 8.86. The first kappa shape index (κ1) is 15.1. The van der Waals surface area contributed by atoms with Gasteiger partial charge in [0, 0.05) is 6.42 Å². The Bertz CT molecular complexity index is 561. The zero-order valence-electron chi connectivity index (χ0n) is 10.8. The minimum absolute atomic E-state index is 0.0452. The second-order valence-electron chi connectivity index (χ2n) is 4.25. The lowest BCUT2D eigenvalue weighted by Crippen LogP contribution is -2.44. The van der Waals surface area contributed by atoms with E-state index in [0.717, 1.165) is 11.1 Å². The van der Waals surface area contributed by atoms with Gasteiger partial charge in [0.1, 0.15) is 6.04 Å². The van der Waals surface area contributed by atoms with Crippen molar-refractivity contribution in [2.24, 2.45) is 5.73 Å². The molecule has 0 saturated heterocycles. The highest BCUT2D eigenvalue weighted by Crippen LogP contribution is 2.21. The van der Waals surface area contributed by atoms with Crippen LogP contribution in [0.2, 0.25) is 5.02 Å². The number of rotatable bonds is 4. The van der Waals surface area contributed by atoms with Crippen LogP contribution in [0.4, 0.5) is 0 Å². The zero-order valence-corrected chi connectivity index (χ0v) is 11.5. The van der Waals surface area contributed by atoms with Gasteiger partial charge in [0.25, 0.3) is 5.91 Å². The molecule has 5 heteroatoms. The third-order valence-electron chi connectivity index (χ3n) is 2.80. The van der Waals surface area contributed by atoms with Crippen LogP contribution in [0.3, 0.4) is 0 Å². The summed E-state index contributed by atoms with van der Waals surface area (Å²) in [6, 6.07) is 2.47. The molecule has 0 aliphatic heterocycles. The topological polar surface area (TPSA) is 72.2 Å². The van der Waals surface area contributed by atoms with Crippen molar-refractivity contribution in [2.75, 3.05) is 0 Å². The van der Waals surface area contributed by atoms with Gasteiger partial charge in [-0.1, -0.05) is 11.6 Å². The first-order valence-electron chi connectivity index (χ1n) is 5.67. The smallest absolute Gasteiger partial charge is 0.253 e. The number of amides is 2. The normalized spacial score (nSPS) is 11.5. The molecule has 19 heavy (non-hydrogen) atoms. The fourth-order valence-electron chi connectivity index (χ4n) is 1.53. The monoisotopic (exact) mass is 278 g/mol. The molecule has 0 aliphatic rings. The molecule has 2 amide bonds. The fraction of sp³-hybridized carbons (Fsp3) is 0.286. The molecule has 1 aromatic rings. The summed E-state index contributed by atoms with van der Waals surface area (Å²) < 4.78 is 0. The number of primary amides is 1. The highest BCUT2D eigenvalue weighted by molar-refractivity contribution is 6.34. The van der Waals surface area contributed by atoms with Crippen LogP contribution in [0, 0.1) is 26.2 Å². The lowest BCUT2D eigenvalue weighted by atomic mass is 10.1. The SMILES string of the molecule is C#CC[C@@H](NC(=O)c1cc(C)c(C)cc1Cl)C(N)=O. The van der Waals surface area contributed by atoms with Crippen LogP contribution in [0.25, 0.3) is 0 Å². The summed E-state index contributed by atoms with van der Waals surface area (Å²) in [4.78, 5) is 23.2. The van der Waals surface area contributed by atoms with E-state index in [9.17, 15) is 9.59 Å². The minimum atomic E-state index is -0.893. The Hall–Kier alpha value is -1.99. The van der Waals surface area contributed by atoms with Gasteiger partial charge in [-0.05, 0) is 37.1 Å². The summed E-state index contributed by atoms with van der Waals surface area (Å²) >= 11 is 6.02. The van der Waals surface area contributed by atoms with Crippen LogP contribution in [0.15, 0.2) is 12.1 Å². The number of hydrogen-bond donors (Lipinski definition) is 2. The summed E-state index contributed by atoms with van der Waals surface area (Å²) in [5.74, 6) is 1.15. The van der Waals surface area contributed by atoms with Crippen molar-refractivity contribution in [3.8, 4) is 12.3 Å². The van der Waals surface area contributed by atoms with Crippen molar-refractivity contribution < 1.29 is 9.59 Å².